The Morgan fingerprint density at radius 2 is 2.08 bits per heavy atom. The van der Waals surface area contributed by atoms with E-state index in [0.717, 1.165) is 17.7 Å². The first-order chi connectivity index (χ1) is 11.7. The molecule has 0 N–H and O–H groups in total. The van der Waals surface area contributed by atoms with Gasteiger partial charge in [0.15, 0.2) is 6.10 Å². The smallest absolute Gasteiger partial charge is 0.213 e. The molecule has 0 unspecified atom stereocenters. The number of hydrogen-bond acceptors (Lipinski definition) is 2. The second-order valence-electron chi connectivity index (χ2n) is 8.56. The van der Waals surface area contributed by atoms with Crippen LogP contribution < -0.4 is 21.7 Å². The third kappa shape index (κ3) is 3.03. The summed E-state index contributed by atoms with van der Waals surface area (Å²) >= 11 is 0. The minimum atomic E-state index is 0. The van der Waals surface area contributed by atoms with Crippen LogP contribution in [0.2, 0.25) is 0 Å². The van der Waals surface area contributed by atoms with Gasteiger partial charge in [0.05, 0.1) is 19.0 Å². The van der Waals surface area contributed by atoms with E-state index < -0.39 is 0 Å². The van der Waals surface area contributed by atoms with E-state index in [-0.39, 0.29) is 17.0 Å². The van der Waals surface area contributed by atoms with E-state index >= 15 is 0 Å². The summed E-state index contributed by atoms with van der Waals surface area (Å²) in [6, 6.07) is 6.02. The molecule has 4 rings (SSSR count). The normalized spacial score (nSPS) is 38.4. The average Bonchev–Trinajstić information content (AvgIpc) is 3.16. The van der Waals surface area contributed by atoms with E-state index in [4.69, 9.17) is 4.74 Å². The molecule has 140 valence electrons. The van der Waals surface area contributed by atoms with Crippen molar-refractivity contribution in [2.24, 2.45) is 11.8 Å². The Labute approximate surface area is 163 Å². The van der Waals surface area contributed by atoms with E-state index in [1.54, 1.807) is 0 Å². The number of unbranched alkanes of at least 4 members (excludes halogenated alkanes) is 3. The van der Waals surface area contributed by atoms with Crippen molar-refractivity contribution < 1.29 is 26.2 Å². The number of pyridine rings is 1. The molecule has 1 aromatic heterocycles. The Morgan fingerprint density at radius 3 is 2.84 bits per heavy atom. The van der Waals surface area contributed by atoms with Crippen LogP contribution in [0.1, 0.15) is 58.8 Å². The van der Waals surface area contributed by atoms with Crippen molar-refractivity contribution in [3.05, 3.63) is 24.4 Å². The third-order valence-electron chi connectivity index (χ3n) is 7.66. The number of nitrogens with zero attached hydrogens (tertiary/aromatic N) is 2. The molecule has 5 atom stereocenters. The maximum absolute atomic E-state index is 6.43. The lowest BCUT2D eigenvalue weighted by atomic mass is 9.83. The number of hydrogen-bond donors (Lipinski definition) is 0. The fourth-order valence-corrected chi connectivity index (χ4v) is 6.39. The van der Waals surface area contributed by atoms with Crippen molar-refractivity contribution in [1.29, 1.82) is 0 Å². The minimum absolute atomic E-state index is 0. The molecular formula is C21H33BrN2O. The molecule has 3 nitrogen and oxygen atoms in total. The van der Waals surface area contributed by atoms with Crippen LogP contribution in [0.3, 0.4) is 0 Å². The van der Waals surface area contributed by atoms with Crippen molar-refractivity contribution in [2.75, 3.05) is 19.6 Å². The second-order valence-corrected chi connectivity index (χ2v) is 8.56. The van der Waals surface area contributed by atoms with E-state index in [1.807, 2.05) is 24.4 Å². The van der Waals surface area contributed by atoms with Gasteiger partial charge < -0.3 is 26.2 Å². The number of aromatic nitrogens is 1. The first-order valence-corrected chi connectivity index (χ1v) is 10.1. The third-order valence-corrected chi connectivity index (χ3v) is 7.66. The topological polar surface area (TPSA) is 22.1 Å². The largest absolute Gasteiger partial charge is 1.00 e. The minimum Gasteiger partial charge on any atom is -1.00 e. The molecule has 0 radical (unpaired) electrons. The molecule has 1 aliphatic carbocycles. The van der Waals surface area contributed by atoms with Gasteiger partial charge in [0, 0.05) is 24.6 Å². The van der Waals surface area contributed by atoms with Crippen LogP contribution in [0.25, 0.3) is 0 Å². The Bertz CT molecular complexity index is 568. The predicted molar refractivity (Wildman–Crippen MR) is 96.9 cm³/mol. The molecule has 4 heteroatoms. The Balaban J connectivity index is 0.00000182. The highest BCUT2D eigenvalue weighted by Gasteiger charge is 2.71. The SMILES string of the molecule is CCCCCC[N@+]12CC[C@@H]3CC[C@H]([C@H](Oc4ccccn4)C1)[C@@]32C.[Br-]. The molecule has 0 aromatic carbocycles. The zero-order valence-corrected chi connectivity index (χ0v) is 17.4. The lowest BCUT2D eigenvalue weighted by Crippen LogP contribution is -3.00. The van der Waals surface area contributed by atoms with Crippen LogP contribution in [0.5, 0.6) is 5.88 Å². The van der Waals surface area contributed by atoms with Crippen molar-refractivity contribution in [3.63, 3.8) is 0 Å². The first-order valence-electron chi connectivity index (χ1n) is 10.1. The van der Waals surface area contributed by atoms with Gasteiger partial charge in [-0.1, -0.05) is 25.8 Å². The van der Waals surface area contributed by atoms with Crippen molar-refractivity contribution >= 4 is 0 Å². The summed E-state index contributed by atoms with van der Waals surface area (Å²) in [5.74, 6) is 2.46. The van der Waals surface area contributed by atoms with Crippen molar-refractivity contribution in [1.82, 2.24) is 4.98 Å². The average molecular weight is 409 g/mol. The standard InChI is InChI=1S/C21H33N2O.BrH/c1-3-4-5-8-14-23-15-12-17-10-11-18(21(17,23)2)19(16-23)24-20-9-6-7-13-22-20;/h6-7,9,13,17-19H,3-5,8,10-12,14-16H2,1-2H3;1H/q+1;/p-1/t17-,18+,19+,21+,23-;/m0./s1. The molecular weight excluding hydrogens is 376 g/mol. The van der Waals surface area contributed by atoms with Gasteiger partial charge in [0.1, 0.15) is 12.1 Å². The van der Waals surface area contributed by atoms with Gasteiger partial charge in [0.2, 0.25) is 5.88 Å². The Morgan fingerprint density at radius 1 is 1.20 bits per heavy atom. The zero-order chi connectivity index (χ0) is 16.6. The van der Waals surface area contributed by atoms with Gasteiger partial charge >= 0.3 is 0 Å². The van der Waals surface area contributed by atoms with E-state index in [1.165, 1.54) is 69.1 Å². The van der Waals surface area contributed by atoms with Crippen LogP contribution in [0.15, 0.2) is 24.4 Å². The number of ether oxygens (including phenoxy) is 1. The lowest BCUT2D eigenvalue weighted by molar-refractivity contribution is -0.953. The van der Waals surface area contributed by atoms with E-state index in [9.17, 15) is 0 Å². The van der Waals surface area contributed by atoms with Crippen LogP contribution in [0.4, 0.5) is 0 Å². The first kappa shape index (κ1) is 19.2. The van der Waals surface area contributed by atoms with Crippen LogP contribution >= 0.6 is 0 Å². The fraction of sp³-hybridized carbons (Fsp3) is 0.762. The summed E-state index contributed by atoms with van der Waals surface area (Å²) < 4.78 is 7.77. The molecule has 3 heterocycles. The molecule has 1 saturated carbocycles. The molecule has 3 aliphatic rings. The fourth-order valence-electron chi connectivity index (χ4n) is 6.39. The molecule has 2 aliphatic heterocycles. The van der Waals surface area contributed by atoms with Gasteiger partial charge in [-0.25, -0.2) is 4.98 Å². The maximum Gasteiger partial charge on any atom is 0.213 e. The lowest BCUT2D eigenvalue weighted by Gasteiger charge is -2.43. The number of quaternary nitrogens is 1. The summed E-state index contributed by atoms with van der Waals surface area (Å²) in [5, 5.41) is 0. The molecule has 0 amide bonds. The van der Waals surface area contributed by atoms with Gasteiger partial charge in [-0.15, -0.1) is 0 Å². The van der Waals surface area contributed by atoms with Gasteiger partial charge in [-0.3, -0.25) is 0 Å². The molecule has 0 bridgehead atoms. The van der Waals surface area contributed by atoms with Gasteiger partial charge in [-0.05, 0) is 38.7 Å². The maximum atomic E-state index is 6.43. The predicted octanol–water partition coefficient (Wildman–Crippen LogP) is 1.43. The quantitative estimate of drug-likeness (QED) is 0.502. The van der Waals surface area contributed by atoms with E-state index in [2.05, 4.69) is 18.8 Å². The molecule has 0 spiro atoms. The summed E-state index contributed by atoms with van der Waals surface area (Å²) in [4.78, 5) is 4.42. The van der Waals surface area contributed by atoms with Crippen molar-refractivity contribution in [3.8, 4) is 5.88 Å². The summed E-state index contributed by atoms with van der Waals surface area (Å²) in [6.45, 7) is 8.86. The molecule has 3 fully saturated rings. The molecule has 2 saturated heterocycles. The molecule has 1 aromatic rings. The Kier molecular flexibility index (Phi) is 5.79. The number of rotatable bonds is 7. The molecule has 25 heavy (non-hydrogen) atoms. The highest BCUT2D eigenvalue weighted by molar-refractivity contribution is 5.13. The van der Waals surface area contributed by atoms with Gasteiger partial charge in [-0.2, -0.15) is 0 Å². The van der Waals surface area contributed by atoms with Crippen LogP contribution in [-0.2, 0) is 0 Å². The Hall–Kier alpha value is -0.610. The highest BCUT2D eigenvalue weighted by Crippen LogP contribution is 2.60. The van der Waals surface area contributed by atoms with Gasteiger partial charge in [0.25, 0.3) is 0 Å². The number of halogens is 1. The van der Waals surface area contributed by atoms with Crippen molar-refractivity contribution in [2.45, 2.75) is 70.4 Å². The highest BCUT2D eigenvalue weighted by atomic mass is 79.9. The summed E-state index contributed by atoms with van der Waals surface area (Å²) in [6.07, 6.45) is 11.9. The monoisotopic (exact) mass is 408 g/mol. The second kappa shape index (κ2) is 7.56. The van der Waals surface area contributed by atoms with E-state index in [0.29, 0.717) is 11.6 Å². The summed E-state index contributed by atoms with van der Waals surface area (Å²) in [7, 11) is 0. The van der Waals surface area contributed by atoms with Crippen LogP contribution in [-0.4, -0.2) is 40.7 Å². The zero-order valence-electron chi connectivity index (χ0n) is 15.8. The van der Waals surface area contributed by atoms with Crippen LogP contribution in [0, 0.1) is 11.8 Å². The summed E-state index contributed by atoms with van der Waals surface area (Å²) in [5.41, 5.74) is 0.464.